The molecule has 180 valence electrons. The lowest BCUT2D eigenvalue weighted by Crippen LogP contribution is -2.22. The van der Waals surface area contributed by atoms with Gasteiger partial charge in [-0.15, -0.1) is 10.2 Å². The number of hydrogen-bond donors (Lipinski definition) is 1. The van der Waals surface area contributed by atoms with Gasteiger partial charge in [0, 0.05) is 11.8 Å². The van der Waals surface area contributed by atoms with Crippen LogP contribution in [0.1, 0.15) is 5.56 Å². The van der Waals surface area contributed by atoms with Crippen molar-refractivity contribution in [1.29, 1.82) is 0 Å². The fraction of sp³-hybridized carbons (Fsp3) is 0.0833. The number of hydrogen-bond acceptors (Lipinski definition) is 7. The van der Waals surface area contributed by atoms with Crippen molar-refractivity contribution >= 4 is 45.7 Å². The van der Waals surface area contributed by atoms with Crippen LogP contribution < -0.4 is 10.9 Å². The third kappa shape index (κ3) is 4.18. The topological polar surface area (TPSA) is 124 Å². The number of thioether (sulfide) groups is 1. The number of nitro benzene ring substituents is 1. The second-order valence-electron chi connectivity index (χ2n) is 7.87. The van der Waals surface area contributed by atoms with Crippen LogP contribution in [0, 0.1) is 22.9 Å². The smallest absolute Gasteiger partial charge is 0.306 e. The lowest BCUT2D eigenvalue weighted by molar-refractivity contribution is -0.387. The van der Waals surface area contributed by atoms with Gasteiger partial charge in [-0.2, -0.15) is 4.39 Å². The molecule has 0 saturated heterocycles. The number of aromatic nitrogens is 4. The summed E-state index contributed by atoms with van der Waals surface area (Å²) < 4.78 is 16.8. The Hall–Kier alpha value is -4.58. The van der Waals surface area contributed by atoms with Gasteiger partial charge in [-0.3, -0.25) is 24.1 Å². The van der Waals surface area contributed by atoms with Crippen LogP contribution in [0.25, 0.3) is 22.4 Å². The SMILES string of the molecule is Cc1cccc(-n2c(=O)c3ccccc3n3c(SCC(=O)Nc4ccc(F)c([N+](=O)[O-])c4)nnc23)c1. The highest BCUT2D eigenvalue weighted by Gasteiger charge is 2.19. The fourth-order valence-electron chi connectivity index (χ4n) is 3.83. The summed E-state index contributed by atoms with van der Waals surface area (Å²) in [4.78, 5) is 36.0. The Bertz CT molecular complexity index is 1730. The van der Waals surface area contributed by atoms with E-state index in [2.05, 4.69) is 15.5 Å². The summed E-state index contributed by atoms with van der Waals surface area (Å²) in [7, 11) is 0. The lowest BCUT2D eigenvalue weighted by atomic mass is 10.2. The molecule has 0 aliphatic rings. The number of nitro groups is 1. The van der Waals surface area contributed by atoms with Crippen LogP contribution in [-0.4, -0.2) is 35.7 Å². The van der Waals surface area contributed by atoms with Crippen molar-refractivity contribution < 1.29 is 14.1 Å². The maximum atomic E-state index is 13.6. The molecule has 0 atom stereocenters. The summed E-state index contributed by atoms with van der Waals surface area (Å²) in [5, 5.41) is 22.8. The second-order valence-corrected chi connectivity index (χ2v) is 8.82. The van der Waals surface area contributed by atoms with Crippen molar-refractivity contribution in [2.45, 2.75) is 12.1 Å². The van der Waals surface area contributed by atoms with Gasteiger partial charge in [0.05, 0.1) is 27.3 Å². The minimum absolute atomic E-state index is 0.0959. The fourth-order valence-corrected chi connectivity index (χ4v) is 4.57. The maximum Gasteiger partial charge on any atom is 0.306 e. The van der Waals surface area contributed by atoms with Crippen molar-refractivity contribution in [3.05, 3.63) is 98.6 Å². The monoisotopic (exact) mass is 504 g/mol. The molecule has 0 spiro atoms. The van der Waals surface area contributed by atoms with Crippen molar-refractivity contribution in [2.24, 2.45) is 0 Å². The summed E-state index contributed by atoms with van der Waals surface area (Å²) in [6.07, 6.45) is 0. The van der Waals surface area contributed by atoms with Crippen LogP contribution in [0.5, 0.6) is 0 Å². The van der Waals surface area contributed by atoms with Gasteiger partial charge in [-0.1, -0.05) is 36.0 Å². The highest BCUT2D eigenvalue weighted by Crippen LogP contribution is 2.25. The van der Waals surface area contributed by atoms with E-state index in [4.69, 9.17) is 0 Å². The molecule has 10 nitrogen and oxygen atoms in total. The molecule has 2 heterocycles. The first kappa shape index (κ1) is 23.2. The van der Waals surface area contributed by atoms with E-state index in [-0.39, 0.29) is 17.0 Å². The number of carbonyl (C=O) groups is 1. The van der Waals surface area contributed by atoms with Crippen LogP contribution in [0.4, 0.5) is 15.8 Å². The number of aryl methyl sites for hydroxylation is 1. The second kappa shape index (κ2) is 9.23. The number of nitrogens with one attached hydrogen (secondary N) is 1. The number of nitrogens with zero attached hydrogens (tertiary/aromatic N) is 5. The van der Waals surface area contributed by atoms with Crippen LogP contribution in [0.2, 0.25) is 0 Å². The first-order valence-corrected chi connectivity index (χ1v) is 11.6. The third-order valence-corrected chi connectivity index (χ3v) is 6.34. The zero-order valence-corrected chi connectivity index (χ0v) is 19.5. The number of fused-ring (bicyclic) bond motifs is 3. The molecule has 0 unspecified atom stereocenters. The number of amides is 1. The molecule has 0 fully saturated rings. The molecule has 12 heteroatoms. The van der Waals surface area contributed by atoms with E-state index in [0.717, 1.165) is 29.5 Å². The Morgan fingerprint density at radius 3 is 2.69 bits per heavy atom. The van der Waals surface area contributed by atoms with Gasteiger partial charge in [0.25, 0.3) is 5.56 Å². The van der Waals surface area contributed by atoms with E-state index < -0.39 is 22.3 Å². The molecule has 0 radical (unpaired) electrons. The summed E-state index contributed by atoms with van der Waals surface area (Å²) >= 11 is 1.08. The Morgan fingerprint density at radius 2 is 1.92 bits per heavy atom. The molecular weight excluding hydrogens is 487 g/mol. The molecule has 1 amide bonds. The normalized spacial score (nSPS) is 11.2. The predicted octanol–water partition coefficient (Wildman–Crippen LogP) is 4.12. The quantitative estimate of drug-likeness (QED) is 0.210. The van der Waals surface area contributed by atoms with E-state index in [1.807, 2.05) is 25.1 Å². The molecule has 1 N–H and O–H groups in total. The Balaban J connectivity index is 1.50. The number of anilines is 1. The molecule has 2 aromatic heterocycles. The van der Waals surface area contributed by atoms with E-state index in [1.54, 1.807) is 34.7 Å². The van der Waals surface area contributed by atoms with E-state index in [1.165, 1.54) is 10.6 Å². The van der Waals surface area contributed by atoms with Gasteiger partial charge >= 0.3 is 5.69 Å². The highest BCUT2D eigenvalue weighted by molar-refractivity contribution is 7.99. The number of para-hydroxylation sites is 1. The molecular formula is C24H17FN6O4S. The van der Waals surface area contributed by atoms with Gasteiger partial charge < -0.3 is 5.32 Å². The largest absolute Gasteiger partial charge is 0.325 e. The number of halogens is 1. The van der Waals surface area contributed by atoms with Crippen LogP contribution in [0.15, 0.2) is 76.7 Å². The van der Waals surface area contributed by atoms with Crippen LogP contribution in [0.3, 0.4) is 0 Å². The first-order valence-electron chi connectivity index (χ1n) is 10.7. The van der Waals surface area contributed by atoms with Crippen LogP contribution >= 0.6 is 11.8 Å². The number of carbonyl (C=O) groups excluding carboxylic acids is 1. The molecule has 5 aromatic rings. The van der Waals surface area contributed by atoms with Gasteiger partial charge in [0.15, 0.2) is 5.16 Å². The van der Waals surface area contributed by atoms with Crippen molar-refractivity contribution in [2.75, 3.05) is 11.1 Å². The van der Waals surface area contributed by atoms with Crippen molar-refractivity contribution in [1.82, 2.24) is 19.2 Å². The maximum absolute atomic E-state index is 13.6. The molecule has 5 rings (SSSR count). The summed E-state index contributed by atoms with van der Waals surface area (Å²) in [6, 6.07) is 17.6. The molecule has 0 saturated carbocycles. The summed E-state index contributed by atoms with van der Waals surface area (Å²) in [6.45, 7) is 1.92. The first-order chi connectivity index (χ1) is 17.3. The zero-order chi connectivity index (χ0) is 25.4. The van der Waals surface area contributed by atoms with Crippen LogP contribution in [-0.2, 0) is 4.79 Å². The Kier molecular flexibility index (Phi) is 5.94. The van der Waals surface area contributed by atoms with Gasteiger partial charge in [0.1, 0.15) is 0 Å². The van der Waals surface area contributed by atoms with E-state index >= 15 is 0 Å². The Labute approximate surface area is 206 Å². The Morgan fingerprint density at radius 1 is 1.11 bits per heavy atom. The lowest BCUT2D eigenvalue weighted by Gasteiger charge is -2.12. The predicted molar refractivity (Wildman–Crippen MR) is 133 cm³/mol. The highest BCUT2D eigenvalue weighted by atomic mass is 32.2. The van der Waals surface area contributed by atoms with E-state index in [9.17, 15) is 24.1 Å². The van der Waals surface area contributed by atoms with Gasteiger partial charge in [0.2, 0.25) is 17.5 Å². The van der Waals surface area contributed by atoms with Crippen molar-refractivity contribution in [3.63, 3.8) is 0 Å². The standard InChI is InChI=1S/C24H17FN6O4S/c1-14-5-4-6-16(11-14)29-22(33)17-7-2-3-8-19(17)30-23(29)27-28-24(30)36-13-21(32)26-15-9-10-18(25)20(12-15)31(34)35/h2-12H,13H2,1H3,(H,26,32). The minimum atomic E-state index is -0.992. The summed E-state index contributed by atoms with van der Waals surface area (Å²) in [5.74, 6) is -1.28. The molecule has 0 aliphatic heterocycles. The van der Waals surface area contributed by atoms with Crippen molar-refractivity contribution in [3.8, 4) is 5.69 Å². The third-order valence-electron chi connectivity index (χ3n) is 5.41. The zero-order valence-electron chi connectivity index (χ0n) is 18.7. The van der Waals surface area contributed by atoms with Gasteiger partial charge in [-0.05, 0) is 48.9 Å². The molecule has 0 aliphatic carbocycles. The minimum Gasteiger partial charge on any atom is -0.325 e. The average Bonchev–Trinajstić information content (AvgIpc) is 3.28. The molecule has 36 heavy (non-hydrogen) atoms. The van der Waals surface area contributed by atoms with E-state index in [0.29, 0.717) is 27.5 Å². The number of benzene rings is 3. The summed E-state index contributed by atoms with van der Waals surface area (Å²) in [5.41, 5.74) is 1.31. The molecule has 0 bridgehead atoms. The average molecular weight is 505 g/mol. The molecule has 3 aromatic carbocycles. The van der Waals surface area contributed by atoms with Gasteiger partial charge in [-0.25, -0.2) is 4.57 Å². The number of rotatable bonds is 6.